The predicted octanol–water partition coefficient (Wildman–Crippen LogP) is 3.59. The molecule has 0 radical (unpaired) electrons. The van der Waals surface area contributed by atoms with Crippen LogP contribution in [-0.4, -0.2) is 29.5 Å². The molecule has 1 aromatic heterocycles. The predicted molar refractivity (Wildman–Crippen MR) is 82.7 cm³/mol. The summed E-state index contributed by atoms with van der Waals surface area (Å²) < 4.78 is 0. The number of aromatic nitrogens is 1. The maximum atomic E-state index is 6.17. The van der Waals surface area contributed by atoms with Crippen molar-refractivity contribution in [2.75, 3.05) is 19.6 Å². The Hall–Kier alpha value is -0.350. The van der Waals surface area contributed by atoms with Crippen molar-refractivity contribution in [2.45, 2.75) is 33.7 Å². The number of pyridine rings is 1. The molecule has 0 aromatic carbocycles. The first-order valence-electron chi connectivity index (χ1n) is 6.61. The molecule has 0 saturated carbocycles. The van der Waals surface area contributed by atoms with Crippen LogP contribution in [0.3, 0.4) is 0 Å². The first kappa shape index (κ1) is 16.7. The minimum Gasteiger partial charge on any atom is -0.330 e. The van der Waals surface area contributed by atoms with Gasteiger partial charge in [0.25, 0.3) is 0 Å². The Bertz CT molecular complexity index is 408. The van der Waals surface area contributed by atoms with Crippen molar-refractivity contribution in [3.8, 4) is 0 Å². The van der Waals surface area contributed by atoms with Crippen molar-refractivity contribution in [3.05, 3.63) is 28.0 Å². The van der Waals surface area contributed by atoms with Crippen molar-refractivity contribution in [2.24, 2.45) is 11.1 Å². The second-order valence-corrected chi connectivity index (χ2v) is 6.44. The number of hydrogen-bond acceptors (Lipinski definition) is 3. The normalized spacial score (nSPS) is 12.2. The molecule has 5 heteroatoms. The highest BCUT2D eigenvalue weighted by Crippen LogP contribution is 2.21. The molecular weight excluding hydrogens is 281 g/mol. The molecule has 0 fully saturated rings. The van der Waals surface area contributed by atoms with Gasteiger partial charge in [0.05, 0.1) is 10.7 Å². The van der Waals surface area contributed by atoms with Crippen molar-refractivity contribution in [1.29, 1.82) is 0 Å². The van der Waals surface area contributed by atoms with Crippen LogP contribution in [0.1, 0.15) is 32.9 Å². The van der Waals surface area contributed by atoms with E-state index in [0.29, 0.717) is 23.3 Å². The fourth-order valence-electron chi connectivity index (χ4n) is 1.98. The largest absolute Gasteiger partial charge is 0.330 e. The van der Waals surface area contributed by atoms with E-state index in [9.17, 15) is 0 Å². The molecule has 0 unspecified atom stereocenters. The Morgan fingerprint density at radius 1 is 1.32 bits per heavy atom. The molecule has 0 spiro atoms. The van der Waals surface area contributed by atoms with Gasteiger partial charge in [0, 0.05) is 13.1 Å². The molecule has 0 aliphatic heterocycles. The monoisotopic (exact) mass is 303 g/mol. The molecule has 19 heavy (non-hydrogen) atoms. The number of nitrogens with zero attached hydrogens (tertiary/aromatic N) is 2. The number of halogens is 2. The molecule has 3 nitrogen and oxygen atoms in total. The van der Waals surface area contributed by atoms with Gasteiger partial charge in [-0.3, -0.25) is 4.90 Å². The highest BCUT2D eigenvalue weighted by Gasteiger charge is 2.21. The van der Waals surface area contributed by atoms with E-state index in [1.165, 1.54) is 0 Å². The zero-order valence-electron chi connectivity index (χ0n) is 11.9. The van der Waals surface area contributed by atoms with E-state index in [0.717, 1.165) is 25.2 Å². The van der Waals surface area contributed by atoms with E-state index in [2.05, 4.69) is 30.7 Å². The Morgan fingerprint density at radius 3 is 2.58 bits per heavy atom. The third-order valence-electron chi connectivity index (χ3n) is 3.00. The topological polar surface area (TPSA) is 42.2 Å². The van der Waals surface area contributed by atoms with Gasteiger partial charge in [-0.25, -0.2) is 4.98 Å². The summed E-state index contributed by atoms with van der Waals surface area (Å²) in [5, 5.41) is 1.14. The Labute approximate surface area is 126 Å². The summed E-state index contributed by atoms with van der Waals surface area (Å²) in [6, 6.07) is 3.51. The minimum atomic E-state index is 0.0836. The fourth-order valence-corrected chi connectivity index (χ4v) is 2.31. The van der Waals surface area contributed by atoms with E-state index >= 15 is 0 Å². The zero-order chi connectivity index (χ0) is 14.5. The smallest absolute Gasteiger partial charge is 0.129 e. The Kier molecular flexibility index (Phi) is 6.54. The van der Waals surface area contributed by atoms with Crippen LogP contribution >= 0.6 is 23.2 Å². The third kappa shape index (κ3) is 5.65. The van der Waals surface area contributed by atoms with Gasteiger partial charge < -0.3 is 5.73 Å². The molecule has 0 bridgehead atoms. The van der Waals surface area contributed by atoms with Gasteiger partial charge in [0.1, 0.15) is 5.15 Å². The summed E-state index contributed by atoms with van der Waals surface area (Å²) in [5.74, 6) is 0. The summed E-state index contributed by atoms with van der Waals surface area (Å²) in [6.45, 7) is 9.77. The molecule has 1 aromatic rings. The van der Waals surface area contributed by atoms with Gasteiger partial charge >= 0.3 is 0 Å². The van der Waals surface area contributed by atoms with Crippen molar-refractivity contribution < 1.29 is 0 Å². The van der Waals surface area contributed by atoms with E-state index < -0.39 is 0 Å². The standard InChI is InChI=1S/C14H23Cl2N3/c1-4-7-19(10-14(2,3)9-17)8-12-11(15)5-6-13(16)18-12/h5-6H,4,7-10,17H2,1-3H3. The first-order chi connectivity index (χ1) is 8.88. The van der Waals surface area contributed by atoms with E-state index in [4.69, 9.17) is 28.9 Å². The van der Waals surface area contributed by atoms with Gasteiger partial charge in [-0.1, -0.05) is 44.0 Å². The minimum absolute atomic E-state index is 0.0836. The van der Waals surface area contributed by atoms with Crippen molar-refractivity contribution in [1.82, 2.24) is 9.88 Å². The van der Waals surface area contributed by atoms with Gasteiger partial charge in [-0.15, -0.1) is 0 Å². The van der Waals surface area contributed by atoms with Gasteiger partial charge in [-0.2, -0.15) is 0 Å². The van der Waals surface area contributed by atoms with Crippen LogP contribution in [0, 0.1) is 5.41 Å². The Balaban J connectivity index is 2.80. The lowest BCUT2D eigenvalue weighted by molar-refractivity contribution is 0.174. The molecule has 1 rings (SSSR count). The summed E-state index contributed by atoms with van der Waals surface area (Å²) in [7, 11) is 0. The van der Waals surface area contributed by atoms with Gasteiger partial charge in [-0.05, 0) is 37.1 Å². The molecule has 0 aliphatic carbocycles. The van der Waals surface area contributed by atoms with Crippen molar-refractivity contribution in [3.63, 3.8) is 0 Å². The molecule has 2 N–H and O–H groups in total. The highest BCUT2D eigenvalue weighted by atomic mass is 35.5. The van der Waals surface area contributed by atoms with Crippen LogP contribution in [0.15, 0.2) is 12.1 Å². The zero-order valence-corrected chi connectivity index (χ0v) is 13.4. The van der Waals surface area contributed by atoms with Crippen molar-refractivity contribution >= 4 is 23.2 Å². The quantitative estimate of drug-likeness (QED) is 0.783. The highest BCUT2D eigenvalue weighted by molar-refractivity contribution is 6.32. The molecule has 108 valence electrons. The number of rotatable bonds is 7. The van der Waals surface area contributed by atoms with E-state index in [-0.39, 0.29) is 5.41 Å². The molecule has 1 heterocycles. The molecule has 0 amide bonds. The van der Waals surface area contributed by atoms with Crippen LogP contribution in [0.4, 0.5) is 0 Å². The van der Waals surface area contributed by atoms with Crippen LogP contribution in [0.5, 0.6) is 0 Å². The van der Waals surface area contributed by atoms with Crippen LogP contribution < -0.4 is 5.73 Å². The number of hydrogen-bond donors (Lipinski definition) is 1. The Morgan fingerprint density at radius 2 is 2.00 bits per heavy atom. The molecule has 0 atom stereocenters. The third-order valence-corrected chi connectivity index (χ3v) is 3.56. The maximum absolute atomic E-state index is 6.17. The SMILES string of the molecule is CCCN(Cc1nc(Cl)ccc1Cl)CC(C)(C)CN. The van der Waals surface area contributed by atoms with Crippen LogP contribution in [0.25, 0.3) is 0 Å². The second-order valence-electron chi connectivity index (χ2n) is 5.64. The maximum Gasteiger partial charge on any atom is 0.129 e. The van der Waals surface area contributed by atoms with Crippen LogP contribution in [0.2, 0.25) is 10.2 Å². The average molecular weight is 304 g/mol. The lowest BCUT2D eigenvalue weighted by Gasteiger charge is -2.31. The molecule has 0 aliphatic rings. The number of nitrogens with two attached hydrogens (primary N) is 1. The summed E-state index contributed by atoms with van der Waals surface area (Å²) >= 11 is 12.1. The molecule has 0 saturated heterocycles. The van der Waals surface area contributed by atoms with E-state index in [1.807, 2.05) is 0 Å². The second kappa shape index (κ2) is 7.44. The van der Waals surface area contributed by atoms with Gasteiger partial charge in [0.2, 0.25) is 0 Å². The fraction of sp³-hybridized carbons (Fsp3) is 0.643. The summed E-state index contributed by atoms with van der Waals surface area (Å²) in [5.41, 5.74) is 6.72. The average Bonchev–Trinajstić information content (AvgIpc) is 2.34. The lowest BCUT2D eigenvalue weighted by Crippen LogP contribution is -2.39. The van der Waals surface area contributed by atoms with Gasteiger partial charge in [0.15, 0.2) is 0 Å². The molecular formula is C14H23Cl2N3. The summed E-state index contributed by atoms with van der Waals surface area (Å²) in [4.78, 5) is 6.64. The van der Waals surface area contributed by atoms with Crippen LogP contribution in [-0.2, 0) is 6.54 Å². The van der Waals surface area contributed by atoms with E-state index in [1.54, 1.807) is 12.1 Å². The first-order valence-corrected chi connectivity index (χ1v) is 7.37. The summed E-state index contributed by atoms with van der Waals surface area (Å²) in [6.07, 6.45) is 1.08. The lowest BCUT2D eigenvalue weighted by atomic mass is 9.93.